The number of guanidine groups is 1. The summed E-state index contributed by atoms with van der Waals surface area (Å²) in [5, 5.41) is 7.24. The lowest BCUT2D eigenvalue weighted by Gasteiger charge is -2.38. The third-order valence-electron chi connectivity index (χ3n) is 5.03. The molecule has 2 saturated heterocycles. The largest absolute Gasteiger partial charge is 0.469 e. The molecule has 2 atom stereocenters. The van der Waals surface area contributed by atoms with Gasteiger partial charge in [0, 0.05) is 37.4 Å². The van der Waals surface area contributed by atoms with Crippen LogP contribution in [0, 0.1) is 0 Å². The molecule has 1 aromatic heterocycles. The van der Waals surface area contributed by atoms with E-state index in [1.165, 1.54) is 25.0 Å². The van der Waals surface area contributed by atoms with Gasteiger partial charge in [0.1, 0.15) is 5.76 Å². The molecule has 7 heteroatoms. The van der Waals surface area contributed by atoms with Crippen molar-refractivity contribution < 1.29 is 9.15 Å². The second kappa shape index (κ2) is 8.99. The van der Waals surface area contributed by atoms with Crippen LogP contribution in [0.3, 0.4) is 0 Å². The van der Waals surface area contributed by atoms with Gasteiger partial charge in [-0.05, 0) is 50.0 Å². The molecule has 25 heavy (non-hydrogen) atoms. The summed E-state index contributed by atoms with van der Waals surface area (Å²) in [6.45, 7) is 1.61. The molecular weight excluding hydrogens is 449 g/mol. The average Bonchev–Trinajstić information content (AvgIpc) is 3.05. The second-order valence-corrected chi connectivity index (χ2v) is 8.25. The van der Waals surface area contributed by atoms with Crippen molar-refractivity contribution in [2.45, 2.75) is 56.2 Å². The van der Waals surface area contributed by atoms with Crippen LogP contribution in [0.1, 0.15) is 37.9 Å². The molecule has 2 N–H and O–H groups in total. The summed E-state index contributed by atoms with van der Waals surface area (Å²) in [5.74, 6) is 4.35. The van der Waals surface area contributed by atoms with Crippen molar-refractivity contribution >= 4 is 41.7 Å². The maximum absolute atomic E-state index is 6.13. The number of thioether (sulfide) groups is 1. The minimum absolute atomic E-state index is 0. The normalized spacial score (nSPS) is 29.4. The van der Waals surface area contributed by atoms with Crippen molar-refractivity contribution in [2.75, 3.05) is 24.7 Å². The molecule has 2 aliphatic heterocycles. The van der Waals surface area contributed by atoms with Crippen LogP contribution in [0.2, 0.25) is 0 Å². The number of ether oxygens (including phenoxy) is 1. The van der Waals surface area contributed by atoms with Crippen molar-refractivity contribution in [3.05, 3.63) is 24.2 Å². The van der Waals surface area contributed by atoms with E-state index >= 15 is 0 Å². The van der Waals surface area contributed by atoms with Crippen LogP contribution < -0.4 is 10.6 Å². The van der Waals surface area contributed by atoms with E-state index in [-0.39, 0.29) is 29.6 Å². The Morgan fingerprint density at radius 1 is 1.28 bits per heavy atom. The van der Waals surface area contributed by atoms with Gasteiger partial charge in [0.05, 0.1) is 11.9 Å². The number of furan rings is 1. The third-order valence-corrected chi connectivity index (χ3v) is 6.25. The number of nitrogens with one attached hydrogen (secondary N) is 2. The topological polar surface area (TPSA) is 58.8 Å². The van der Waals surface area contributed by atoms with Gasteiger partial charge in [-0.2, -0.15) is 11.8 Å². The molecule has 1 saturated carbocycles. The molecule has 0 radical (unpaired) electrons. The van der Waals surface area contributed by atoms with E-state index in [1.807, 2.05) is 23.9 Å². The van der Waals surface area contributed by atoms with Gasteiger partial charge in [-0.25, -0.2) is 0 Å². The SMILES string of the molecule is I.c1coc(CCN=C(NC2CC2)NC2CCOC3(CCSC3)C2)c1. The first-order valence-corrected chi connectivity index (χ1v) is 10.3. The molecule has 140 valence electrons. The molecule has 1 aliphatic carbocycles. The van der Waals surface area contributed by atoms with E-state index < -0.39 is 0 Å². The monoisotopic (exact) mass is 477 g/mol. The fourth-order valence-electron chi connectivity index (χ4n) is 3.49. The van der Waals surface area contributed by atoms with Crippen LogP contribution in [0.4, 0.5) is 0 Å². The first-order chi connectivity index (χ1) is 11.8. The second-order valence-electron chi connectivity index (χ2n) is 7.15. The minimum atomic E-state index is 0. The maximum Gasteiger partial charge on any atom is 0.191 e. The van der Waals surface area contributed by atoms with Gasteiger partial charge in [0.15, 0.2) is 5.96 Å². The lowest BCUT2D eigenvalue weighted by Crippen LogP contribution is -2.52. The molecule has 2 unspecified atom stereocenters. The molecular formula is C18H28IN3O2S. The van der Waals surface area contributed by atoms with Crippen LogP contribution in [0.5, 0.6) is 0 Å². The quantitative estimate of drug-likeness (QED) is 0.388. The van der Waals surface area contributed by atoms with Crippen LogP contribution in [0.15, 0.2) is 27.8 Å². The Bertz CT molecular complexity index is 557. The zero-order valence-electron chi connectivity index (χ0n) is 14.5. The lowest BCUT2D eigenvalue weighted by atomic mass is 9.90. The van der Waals surface area contributed by atoms with Crippen molar-refractivity contribution in [1.29, 1.82) is 0 Å². The molecule has 3 fully saturated rings. The molecule has 3 aliphatic rings. The van der Waals surface area contributed by atoms with Crippen LogP contribution in [0.25, 0.3) is 0 Å². The standard InChI is InChI=1S/C18H27N3O2S.HI/c1-2-16(22-9-1)5-8-19-17(20-14-3-4-14)21-15-6-10-23-18(12-15)7-11-24-13-18;/h1-2,9,14-15H,3-8,10-13H2,(H2,19,20,21);1H. The molecule has 0 aromatic carbocycles. The van der Waals surface area contributed by atoms with Crippen LogP contribution in [-0.2, 0) is 11.2 Å². The average molecular weight is 477 g/mol. The van der Waals surface area contributed by atoms with Crippen molar-refractivity contribution in [3.8, 4) is 0 Å². The Balaban J connectivity index is 0.00000182. The smallest absolute Gasteiger partial charge is 0.191 e. The third kappa shape index (κ3) is 5.53. The first-order valence-electron chi connectivity index (χ1n) is 9.13. The summed E-state index contributed by atoms with van der Waals surface area (Å²) in [5.41, 5.74) is 0.111. The fraction of sp³-hybridized carbons (Fsp3) is 0.722. The molecule has 3 heterocycles. The maximum atomic E-state index is 6.13. The number of aliphatic imine (C=N–C) groups is 1. The number of hydrogen-bond donors (Lipinski definition) is 2. The Morgan fingerprint density at radius 3 is 2.88 bits per heavy atom. The van der Waals surface area contributed by atoms with Gasteiger partial charge in [-0.1, -0.05) is 0 Å². The predicted molar refractivity (Wildman–Crippen MR) is 113 cm³/mol. The summed E-state index contributed by atoms with van der Waals surface area (Å²) in [4.78, 5) is 4.78. The van der Waals surface area contributed by atoms with E-state index in [1.54, 1.807) is 6.26 Å². The van der Waals surface area contributed by atoms with E-state index in [9.17, 15) is 0 Å². The summed E-state index contributed by atoms with van der Waals surface area (Å²) < 4.78 is 11.5. The van der Waals surface area contributed by atoms with Crippen molar-refractivity contribution in [3.63, 3.8) is 0 Å². The zero-order chi connectivity index (χ0) is 16.2. The number of halogens is 1. The fourth-order valence-corrected chi connectivity index (χ4v) is 4.87. The Morgan fingerprint density at radius 2 is 2.16 bits per heavy atom. The van der Waals surface area contributed by atoms with Gasteiger partial charge < -0.3 is 19.8 Å². The number of nitrogens with zero attached hydrogens (tertiary/aromatic N) is 1. The van der Waals surface area contributed by atoms with Gasteiger partial charge in [-0.15, -0.1) is 24.0 Å². The van der Waals surface area contributed by atoms with Crippen LogP contribution in [-0.4, -0.2) is 48.3 Å². The van der Waals surface area contributed by atoms with Gasteiger partial charge in [0.25, 0.3) is 0 Å². The van der Waals surface area contributed by atoms with E-state index in [2.05, 4.69) is 10.6 Å². The highest BCUT2D eigenvalue weighted by molar-refractivity contribution is 14.0. The Hall–Kier alpha value is -0.410. The molecule has 4 rings (SSSR count). The van der Waals surface area contributed by atoms with E-state index in [0.29, 0.717) is 12.1 Å². The van der Waals surface area contributed by atoms with Gasteiger partial charge in [-0.3, -0.25) is 4.99 Å². The number of rotatable bonds is 5. The molecule has 5 nitrogen and oxygen atoms in total. The summed E-state index contributed by atoms with van der Waals surface area (Å²) >= 11 is 2.02. The van der Waals surface area contributed by atoms with Gasteiger partial charge in [0.2, 0.25) is 0 Å². The molecule has 0 amide bonds. The Labute approximate surface area is 171 Å². The summed E-state index contributed by atoms with van der Waals surface area (Å²) in [6.07, 6.45) is 8.44. The molecule has 1 spiro atoms. The highest BCUT2D eigenvalue weighted by Crippen LogP contribution is 2.38. The van der Waals surface area contributed by atoms with Crippen LogP contribution >= 0.6 is 35.7 Å². The van der Waals surface area contributed by atoms with E-state index in [0.717, 1.165) is 49.9 Å². The zero-order valence-corrected chi connectivity index (χ0v) is 17.7. The lowest BCUT2D eigenvalue weighted by molar-refractivity contribution is -0.0679. The summed E-state index contributed by atoms with van der Waals surface area (Å²) in [6, 6.07) is 5.01. The molecule has 1 aromatic rings. The van der Waals surface area contributed by atoms with Gasteiger partial charge >= 0.3 is 0 Å². The van der Waals surface area contributed by atoms with Crippen molar-refractivity contribution in [2.24, 2.45) is 4.99 Å². The van der Waals surface area contributed by atoms with Crippen molar-refractivity contribution in [1.82, 2.24) is 10.6 Å². The van der Waals surface area contributed by atoms with E-state index in [4.69, 9.17) is 14.1 Å². The first kappa shape index (κ1) is 19.4. The minimum Gasteiger partial charge on any atom is -0.469 e. The highest BCUT2D eigenvalue weighted by Gasteiger charge is 2.40. The predicted octanol–water partition coefficient (Wildman–Crippen LogP) is 3.19. The Kier molecular flexibility index (Phi) is 6.96. The number of hydrogen-bond acceptors (Lipinski definition) is 4. The highest BCUT2D eigenvalue weighted by atomic mass is 127. The molecule has 0 bridgehead atoms. The summed E-state index contributed by atoms with van der Waals surface area (Å²) in [7, 11) is 0.